The van der Waals surface area contributed by atoms with Gasteiger partial charge in [-0.2, -0.15) is 0 Å². The lowest BCUT2D eigenvalue weighted by Gasteiger charge is -2.21. The summed E-state index contributed by atoms with van der Waals surface area (Å²) in [6.07, 6.45) is 23.6. The summed E-state index contributed by atoms with van der Waals surface area (Å²) in [5.74, 6) is 3.23. The molecule has 0 radical (unpaired) electrons. The Balaban J connectivity index is 4.31. The lowest BCUT2D eigenvalue weighted by Crippen LogP contribution is -2.27. The van der Waals surface area contributed by atoms with Crippen LogP contribution in [0, 0.1) is 35.5 Å². The van der Waals surface area contributed by atoms with Crippen molar-refractivity contribution in [2.24, 2.45) is 35.5 Å². The molecule has 55 heavy (non-hydrogen) atoms. The molecule has 2 atom stereocenters. The number of carbonyl (C=O) groups is 3. The highest BCUT2D eigenvalue weighted by Gasteiger charge is 2.18. The molecule has 0 aromatic carbocycles. The molecular weight excluding hydrogens is 687 g/mol. The van der Waals surface area contributed by atoms with E-state index in [0.29, 0.717) is 68.0 Å². The molecule has 0 rings (SSSR count). The van der Waals surface area contributed by atoms with Gasteiger partial charge in [0, 0.05) is 19.4 Å². The maximum atomic E-state index is 12.8. The van der Waals surface area contributed by atoms with Crippen molar-refractivity contribution in [3.8, 4) is 0 Å². The first-order chi connectivity index (χ1) is 26.3. The Morgan fingerprint density at radius 1 is 0.436 bits per heavy atom. The predicted octanol–water partition coefficient (Wildman–Crippen LogP) is 13.2. The molecule has 0 aromatic heterocycles. The number of nitrogens with zero attached hydrogens (tertiary/aromatic N) is 1. The maximum absolute atomic E-state index is 12.8. The summed E-state index contributed by atoms with van der Waals surface area (Å²) < 4.78 is 17.3. The van der Waals surface area contributed by atoms with Gasteiger partial charge in [0.1, 0.15) is 6.10 Å². The Morgan fingerprint density at radius 2 is 0.800 bits per heavy atom. The second kappa shape index (κ2) is 35.5. The molecule has 0 spiro atoms. The SMILES string of the molecule is CCN(CC)CCC(=O)OC(CCCCCCCCCC(=O)OCC(CCC(C)C)C(C)C)CCCCCCCCCC(=O)OCC(CCC(C)C)C(C)C. The zero-order chi connectivity index (χ0) is 41.3. The van der Waals surface area contributed by atoms with E-state index in [9.17, 15) is 14.4 Å². The Labute approximate surface area is 341 Å². The van der Waals surface area contributed by atoms with Crippen molar-refractivity contribution in [2.75, 3.05) is 32.8 Å². The lowest BCUT2D eigenvalue weighted by atomic mass is 9.89. The van der Waals surface area contributed by atoms with Crippen LogP contribution in [0.15, 0.2) is 0 Å². The number of ether oxygens (including phenoxy) is 3. The van der Waals surface area contributed by atoms with E-state index in [2.05, 4.69) is 74.1 Å². The van der Waals surface area contributed by atoms with Crippen LogP contribution in [0.2, 0.25) is 0 Å². The topological polar surface area (TPSA) is 82.1 Å². The molecule has 0 aromatic rings. The van der Waals surface area contributed by atoms with Crippen LogP contribution < -0.4 is 0 Å². The summed E-state index contributed by atoms with van der Waals surface area (Å²) in [6, 6.07) is 0. The highest BCUT2D eigenvalue weighted by Crippen LogP contribution is 2.23. The second-order valence-electron chi connectivity index (χ2n) is 18.2. The number of unbranched alkanes of at least 4 members (excludes halogenated alkanes) is 12. The molecule has 7 nitrogen and oxygen atoms in total. The van der Waals surface area contributed by atoms with E-state index in [0.717, 1.165) is 110 Å². The summed E-state index contributed by atoms with van der Waals surface area (Å²) in [4.78, 5) is 39.7. The normalized spacial score (nSPS) is 13.6. The van der Waals surface area contributed by atoms with Crippen LogP contribution in [0.5, 0.6) is 0 Å². The Kier molecular flexibility index (Phi) is 34.5. The summed E-state index contributed by atoms with van der Waals surface area (Å²) >= 11 is 0. The molecule has 7 heteroatoms. The van der Waals surface area contributed by atoms with Crippen molar-refractivity contribution in [1.82, 2.24) is 4.90 Å². The number of esters is 3. The number of hydrogen-bond acceptors (Lipinski definition) is 7. The van der Waals surface area contributed by atoms with E-state index in [1.165, 1.54) is 38.5 Å². The van der Waals surface area contributed by atoms with Gasteiger partial charge >= 0.3 is 17.9 Å². The minimum absolute atomic E-state index is 0.0163. The molecule has 0 bridgehead atoms. The molecule has 0 amide bonds. The largest absolute Gasteiger partial charge is 0.465 e. The van der Waals surface area contributed by atoms with Gasteiger partial charge in [0.2, 0.25) is 0 Å². The smallest absolute Gasteiger partial charge is 0.307 e. The fraction of sp³-hybridized carbons (Fsp3) is 0.938. The minimum atomic E-state index is -0.0560. The molecule has 0 saturated carbocycles. The Morgan fingerprint density at radius 3 is 1.15 bits per heavy atom. The van der Waals surface area contributed by atoms with Crippen LogP contribution >= 0.6 is 0 Å². The third-order valence-electron chi connectivity index (χ3n) is 11.7. The van der Waals surface area contributed by atoms with Crippen molar-refractivity contribution < 1.29 is 28.6 Å². The zero-order valence-electron chi connectivity index (χ0n) is 38.2. The highest BCUT2D eigenvalue weighted by molar-refractivity contribution is 5.70. The third-order valence-corrected chi connectivity index (χ3v) is 11.7. The fourth-order valence-corrected chi connectivity index (χ4v) is 7.20. The molecular formula is C48H93NO6. The summed E-state index contributed by atoms with van der Waals surface area (Å²) in [5, 5.41) is 0. The predicted molar refractivity (Wildman–Crippen MR) is 232 cm³/mol. The molecule has 0 N–H and O–H groups in total. The van der Waals surface area contributed by atoms with E-state index in [1.807, 2.05) is 0 Å². The maximum Gasteiger partial charge on any atom is 0.307 e. The second-order valence-corrected chi connectivity index (χ2v) is 18.2. The highest BCUT2D eigenvalue weighted by atomic mass is 16.5. The van der Waals surface area contributed by atoms with Crippen molar-refractivity contribution in [1.29, 1.82) is 0 Å². The van der Waals surface area contributed by atoms with Crippen LogP contribution in [0.3, 0.4) is 0 Å². The van der Waals surface area contributed by atoms with Gasteiger partial charge in [-0.1, -0.05) is 146 Å². The van der Waals surface area contributed by atoms with Gasteiger partial charge in [0.25, 0.3) is 0 Å². The average molecular weight is 780 g/mol. The minimum Gasteiger partial charge on any atom is -0.465 e. The van der Waals surface area contributed by atoms with Crippen molar-refractivity contribution >= 4 is 17.9 Å². The van der Waals surface area contributed by atoms with Crippen LogP contribution in [0.25, 0.3) is 0 Å². The Bertz CT molecular complexity index is 856. The standard InChI is InChI=1S/C48H93NO6/c1-11-49(12-2)36-35-48(52)55-45(27-23-19-15-13-17-21-25-29-46(50)53-37-43(41(7)8)33-31-39(3)4)28-24-20-16-14-18-22-26-30-47(51)54-38-44(42(9)10)34-32-40(5)6/h39-45H,11-38H2,1-10H3. The van der Waals surface area contributed by atoms with Gasteiger partial charge in [-0.05, 0) is 100.0 Å². The first kappa shape index (κ1) is 53.4. The van der Waals surface area contributed by atoms with Gasteiger partial charge in [-0.25, -0.2) is 0 Å². The molecule has 0 aliphatic rings. The average Bonchev–Trinajstić information content (AvgIpc) is 3.12. The van der Waals surface area contributed by atoms with Gasteiger partial charge in [-0.3, -0.25) is 14.4 Å². The monoisotopic (exact) mass is 780 g/mol. The van der Waals surface area contributed by atoms with Crippen LogP contribution in [-0.2, 0) is 28.6 Å². The third kappa shape index (κ3) is 33.1. The summed E-state index contributed by atoms with van der Waals surface area (Å²) in [6.45, 7) is 26.0. The quantitative estimate of drug-likeness (QED) is 0.0350. The number of rotatable bonds is 38. The van der Waals surface area contributed by atoms with Crippen molar-refractivity contribution in [3.63, 3.8) is 0 Å². The zero-order valence-corrected chi connectivity index (χ0v) is 38.2. The van der Waals surface area contributed by atoms with E-state index in [1.54, 1.807) is 0 Å². The molecule has 0 fully saturated rings. The van der Waals surface area contributed by atoms with Crippen molar-refractivity contribution in [3.05, 3.63) is 0 Å². The van der Waals surface area contributed by atoms with Gasteiger partial charge in [0.15, 0.2) is 0 Å². The van der Waals surface area contributed by atoms with E-state index in [4.69, 9.17) is 14.2 Å². The summed E-state index contributed by atoms with van der Waals surface area (Å²) in [5.41, 5.74) is 0. The first-order valence-corrected chi connectivity index (χ1v) is 23.5. The van der Waals surface area contributed by atoms with Crippen LogP contribution in [0.1, 0.15) is 217 Å². The van der Waals surface area contributed by atoms with Gasteiger partial charge in [0.05, 0.1) is 19.6 Å². The summed E-state index contributed by atoms with van der Waals surface area (Å²) in [7, 11) is 0. The first-order valence-electron chi connectivity index (χ1n) is 23.5. The number of hydrogen-bond donors (Lipinski definition) is 0. The van der Waals surface area contributed by atoms with Crippen LogP contribution in [-0.4, -0.2) is 61.8 Å². The van der Waals surface area contributed by atoms with E-state index >= 15 is 0 Å². The van der Waals surface area contributed by atoms with Gasteiger partial charge < -0.3 is 19.1 Å². The molecule has 2 unspecified atom stereocenters. The Hall–Kier alpha value is -1.63. The molecule has 326 valence electrons. The lowest BCUT2D eigenvalue weighted by molar-refractivity contribution is -0.150. The fourth-order valence-electron chi connectivity index (χ4n) is 7.20. The van der Waals surface area contributed by atoms with E-state index < -0.39 is 0 Å². The van der Waals surface area contributed by atoms with Crippen LogP contribution in [0.4, 0.5) is 0 Å². The van der Waals surface area contributed by atoms with Gasteiger partial charge in [-0.15, -0.1) is 0 Å². The molecule has 0 saturated heterocycles. The molecule has 0 aliphatic carbocycles. The molecule has 0 aliphatic heterocycles. The molecule has 0 heterocycles. The van der Waals surface area contributed by atoms with Crippen molar-refractivity contribution in [2.45, 2.75) is 223 Å². The number of carbonyl (C=O) groups excluding carboxylic acids is 3. The van der Waals surface area contributed by atoms with E-state index in [-0.39, 0.29) is 24.0 Å².